The monoisotopic (exact) mass is 271 g/mol. The first-order valence-corrected chi connectivity index (χ1v) is 6.38. The molecule has 0 saturated carbocycles. The number of para-hydroxylation sites is 2. The molecule has 2 aromatic rings. The summed E-state index contributed by atoms with van der Waals surface area (Å²) in [6.07, 6.45) is 0. The zero-order valence-electron chi connectivity index (χ0n) is 11.3. The summed E-state index contributed by atoms with van der Waals surface area (Å²) in [6, 6.07) is 14.5. The second-order valence-electron chi connectivity index (χ2n) is 4.52. The number of carbonyl (C=O) groups is 1. The largest absolute Gasteiger partial charge is 0.504 e. The summed E-state index contributed by atoms with van der Waals surface area (Å²) < 4.78 is 5.24. The van der Waals surface area contributed by atoms with Gasteiger partial charge in [0.15, 0.2) is 18.1 Å². The van der Waals surface area contributed by atoms with Gasteiger partial charge in [-0.15, -0.1) is 0 Å². The maximum atomic E-state index is 11.7. The molecule has 4 nitrogen and oxygen atoms in total. The molecule has 0 bridgehead atoms. The number of phenols is 1. The Bertz CT molecular complexity index is 579. The lowest BCUT2D eigenvalue weighted by atomic mass is 10.1. The number of hydrogen-bond donors (Lipinski definition) is 2. The first-order chi connectivity index (χ1) is 9.65. The Balaban J connectivity index is 1.78. The van der Waals surface area contributed by atoms with E-state index in [9.17, 15) is 9.90 Å². The fourth-order valence-corrected chi connectivity index (χ4v) is 1.68. The minimum absolute atomic E-state index is 0.0267. The minimum Gasteiger partial charge on any atom is -0.504 e. The van der Waals surface area contributed by atoms with E-state index in [-0.39, 0.29) is 18.3 Å². The fourth-order valence-electron chi connectivity index (χ4n) is 1.68. The van der Waals surface area contributed by atoms with Crippen LogP contribution in [-0.4, -0.2) is 17.6 Å². The molecule has 104 valence electrons. The van der Waals surface area contributed by atoms with Crippen LogP contribution in [-0.2, 0) is 11.3 Å². The van der Waals surface area contributed by atoms with Crippen LogP contribution in [0.2, 0.25) is 0 Å². The van der Waals surface area contributed by atoms with Crippen molar-refractivity contribution in [3.8, 4) is 11.5 Å². The number of benzene rings is 2. The third-order valence-corrected chi connectivity index (χ3v) is 2.83. The number of phenolic OH excluding ortho intramolecular Hbond substituents is 1. The Morgan fingerprint density at radius 1 is 1.15 bits per heavy atom. The number of rotatable bonds is 5. The molecule has 0 radical (unpaired) electrons. The van der Waals surface area contributed by atoms with Crippen LogP contribution in [0.25, 0.3) is 0 Å². The molecule has 0 aliphatic carbocycles. The molecule has 2 N–H and O–H groups in total. The molecular formula is C16H17NO3. The lowest BCUT2D eigenvalue weighted by Crippen LogP contribution is -2.28. The van der Waals surface area contributed by atoms with Crippen LogP contribution in [0.5, 0.6) is 11.5 Å². The van der Waals surface area contributed by atoms with Gasteiger partial charge in [0.2, 0.25) is 0 Å². The van der Waals surface area contributed by atoms with Gasteiger partial charge in [-0.2, -0.15) is 0 Å². The van der Waals surface area contributed by atoms with Gasteiger partial charge < -0.3 is 15.2 Å². The number of ether oxygens (including phenoxy) is 1. The molecule has 0 aromatic heterocycles. The van der Waals surface area contributed by atoms with Crippen molar-refractivity contribution in [1.29, 1.82) is 0 Å². The lowest BCUT2D eigenvalue weighted by Gasteiger charge is -2.08. The SMILES string of the molecule is Cc1ccc(CNC(=O)COc2ccccc2O)cc1. The highest BCUT2D eigenvalue weighted by Crippen LogP contribution is 2.23. The molecular weight excluding hydrogens is 254 g/mol. The van der Waals surface area contributed by atoms with E-state index in [4.69, 9.17) is 4.74 Å². The molecule has 0 spiro atoms. The standard InChI is InChI=1S/C16H17NO3/c1-12-6-8-13(9-7-12)10-17-16(19)11-20-15-5-3-2-4-14(15)18/h2-9,18H,10-11H2,1H3,(H,17,19). The molecule has 0 unspecified atom stereocenters. The van der Waals surface area contributed by atoms with Crippen LogP contribution >= 0.6 is 0 Å². The summed E-state index contributed by atoms with van der Waals surface area (Å²) in [4.78, 5) is 11.7. The highest BCUT2D eigenvalue weighted by molar-refractivity contribution is 5.77. The Morgan fingerprint density at radius 3 is 2.55 bits per heavy atom. The predicted molar refractivity (Wildman–Crippen MR) is 76.6 cm³/mol. The van der Waals surface area contributed by atoms with Crippen molar-refractivity contribution in [1.82, 2.24) is 5.32 Å². The lowest BCUT2D eigenvalue weighted by molar-refractivity contribution is -0.123. The highest BCUT2D eigenvalue weighted by atomic mass is 16.5. The van der Waals surface area contributed by atoms with Gasteiger partial charge in [0.1, 0.15) is 0 Å². The van der Waals surface area contributed by atoms with Crippen LogP contribution in [0, 0.1) is 6.92 Å². The van der Waals surface area contributed by atoms with Crippen LogP contribution in [0.3, 0.4) is 0 Å². The molecule has 0 aliphatic rings. The molecule has 1 amide bonds. The van der Waals surface area contributed by atoms with Gasteiger partial charge >= 0.3 is 0 Å². The van der Waals surface area contributed by atoms with Crippen LogP contribution in [0.1, 0.15) is 11.1 Å². The molecule has 2 aromatic carbocycles. The van der Waals surface area contributed by atoms with Gasteiger partial charge in [0.25, 0.3) is 5.91 Å². The third kappa shape index (κ3) is 4.02. The number of amides is 1. The number of aromatic hydroxyl groups is 1. The molecule has 0 heterocycles. The van der Waals surface area contributed by atoms with Crippen molar-refractivity contribution in [2.24, 2.45) is 0 Å². The summed E-state index contributed by atoms with van der Waals surface area (Å²) in [5.41, 5.74) is 2.22. The van der Waals surface area contributed by atoms with E-state index in [0.29, 0.717) is 12.3 Å². The van der Waals surface area contributed by atoms with E-state index in [2.05, 4.69) is 5.32 Å². The summed E-state index contributed by atoms with van der Waals surface area (Å²) in [5.74, 6) is 0.102. The average molecular weight is 271 g/mol. The Kier molecular flexibility index (Phi) is 4.60. The van der Waals surface area contributed by atoms with Gasteiger partial charge in [0, 0.05) is 6.54 Å². The van der Waals surface area contributed by atoms with Crippen LogP contribution in [0.15, 0.2) is 48.5 Å². The maximum Gasteiger partial charge on any atom is 0.258 e. The topological polar surface area (TPSA) is 58.6 Å². The van der Waals surface area contributed by atoms with Crippen molar-refractivity contribution < 1.29 is 14.6 Å². The van der Waals surface area contributed by atoms with E-state index in [0.717, 1.165) is 5.56 Å². The summed E-state index contributed by atoms with van der Waals surface area (Å²) in [7, 11) is 0. The summed E-state index contributed by atoms with van der Waals surface area (Å²) in [5, 5.41) is 12.3. The fraction of sp³-hybridized carbons (Fsp3) is 0.188. The quantitative estimate of drug-likeness (QED) is 0.878. The van der Waals surface area contributed by atoms with Crippen molar-refractivity contribution in [2.45, 2.75) is 13.5 Å². The molecule has 20 heavy (non-hydrogen) atoms. The first-order valence-electron chi connectivity index (χ1n) is 6.38. The highest BCUT2D eigenvalue weighted by Gasteiger charge is 2.05. The van der Waals surface area contributed by atoms with Crippen molar-refractivity contribution in [2.75, 3.05) is 6.61 Å². The number of nitrogens with one attached hydrogen (secondary N) is 1. The van der Waals surface area contributed by atoms with Crippen molar-refractivity contribution in [3.05, 3.63) is 59.7 Å². The van der Waals surface area contributed by atoms with Crippen LogP contribution < -0.4 is 10.1 Å². The van der Waals surface area contributed by atoms with Gasteiger partial charge in [0.05, 0.1) is 0 Å². The smallest absolute Gasteiger partial charge is 0.258 e. The number of carbonyl (C=O) groups excluding carboxylic acids is 1. The Hall–Kier alpha value is -2.49. The number of aryl methyl sites for hydroxylation is 1. The Labute approximate surface area is 118 Å². The molecule has 0 atom stereocenters. The van der Waals surface area contributed by atoms with Gasteiger partial charge in [-0.25, -0.2) is 0 Å². The van der Waals surface area contributed by atoms with Gasteiger partial charge in [-0.05, 0) is 24.6 Å². The van der Waals surface area contributed by atoms with Crippen molar-refractivity contribution >= 4 is 5.91 Å². The van der Waals surface area contributed by atoms with E-state index in [1.165, 1.54) is 11.6 Å². The second kappa shape index (κ2) is 6.61. The number of hydrogen-bond acceptors (Lipinski definition) is 3. The van der Waals surface area contributed by atoms with E-state index in [1.54, 1.807) is 18.2 Å². The molecule has 0 aliphatic heterocycles. The second-order valence-corrected chi connectivity index (χ2v) is 4.52. The normalized spacial score (nSPS) is 10.1. The van der Waals surface area contributed by atoms with Gasteiger partial charge in [-0.3, -0.25) is 4.79 Å². The summed E-state index contributed by atoms with van der Waals surface area (Å²) in [6.45, 7) is 2.36. The predicted octanol–water partition coefficient (Wildman–Crippen LogP) is 2.40. The van der Waals surface area contributed by atoms with E-state index in [1.807, 2.05) is 31.2 Å². The maximum absolute atomic E-state index is 11.7. The van der Waals surface area contributed by atoms with E-state index < -0.39 is 0 Å². The average Bonchev–Trinajstić information content (AvgIpc) is 2.46. The van der Waals surface area contributed by atoms with Gasteiger partial charge in [-0.1, -0.05) is 42.0 Å². The first kappa shape index (κ1) is 13.9. The third-order valence-electron chi connectivity index (χ3n) is 2.83. The van der Waals surface area contributed by atoms with Crippen molar-refractivity contribution in [3.63, 3.8) is 0 Å². The molecule has 4 heteroatoms. The van der Waals surface area contributed by atoms with E-state index >= 15 is 0 Å². The molecule has 0 fully saturated rings. The zero-order valence-corrected chi connectivity index (χ0v) is 11.3. The molecule has 0 saturated heterocycles. The minimum atomic E-state index is -0.228. The Morgan fingerprint density at radius 2 is 1.85 bits per heavy atom. The zero-order chi connectivity index (χ0) is 14.4. The molecule has 2 rings (SSSR count). The van der Waals surface area contributed by atoms with Crippen LogP contribution in [0.4, 0.5) is 0 Å². The summed E-state index contributed by atoms with van der Waals surface area (Å²) >= 11 is 0.